The average Bonchev–Trinajstić information content (AvgIpc) is 2.92. The molecule has 4 atom stereocenters. The molecule has 0 aromatic rings. The van der Waals surface area contributed by atoms with Crippen molar-refractivity contribution in [2.75, 3.05) is 13.2 Å². The number of rotatable bonds is 3. The molecule has 0 aromatic carbocycles. The highest BCUT2D eigenvalue weighted by Crippen LogP contribution is 2.76. The van der Waals surface area contributed by atoms with Gasteiger partial charge < -0.3 is 9.84 Å². The van der Waals surface area contributed by atoms with Crippen LogP contribution in [0.1, 0.15) is 19.8 Å². The van der Waals surface area contributed by atoms with E-state index in [-0.39, 0.29) is 36.6 Å². The summed E-state index contributed by atoms with van der Waals surface area (Å²) < 4.78 is 5.07. The third-order valence-corrected chi connectivity index (χ3v) is 4.69. The molecule has 4 heteroatoms. The Balaban J connectivity index is 2.01. The maximum Gasteiger partial charge on any atom is 0.320 e. The van der Waals surface area contributed by atoms with Crippen LogP contribution in [0.3, 0.4) is 0 Å². The van der Waals surface area contributed by atoms with Gasteiger partial charge in [0.2, 0.25) is 0 Å². The Morgan fingerprint density at radius 3 is 3.06 bits per heavy atom. The van der Waals surface area contributed by atoms with Crippen molar-refractivity contribution in [3.63, 3.8) is 0 Å². The largest absolute Gasteiger partial charge is 0.465 e. The minimum Gasteiger partial charge on any atom is -0.465 e. The van der Waals surface area contributed by atoms with Gasteiger partial charge in [0.25, 0.3) is 0 Å². The maximum absolute atomic E-state index is 12.2. The lowest BCUT2D eigenvalue weighted by atomic mass is 9.77. The molecule has 0 saturated heterocycles. The summed E-state index contributed by atoms with van der Waals surface area (Å²) >= 11 is 0. The first-order valence-corrected chi connectivity index (χ1v) is 6.12. The van der Waals surface area contributed by atoms with E-state index in [1.54, 1.807) is 6.92 Å². The molecule has 0 radical (unpaired) electrons. The summed E-state index contributed by atoms with van der Waals surface area (Å²) in [4.78, 5) is 24.3. The first-order chi connectivity index (χ1) is 8.13. The molecule has 0 unspecified atom stereocenters. The van der Waals surface area contributed by atoms with Gasteiger partial charge in [0.05, 0.1) is 13.2 Å². The van der Waals surface area contributed by atoms with E-state index in [0.717, 1.165) is 6.42 Å². The number of ether oxygens (including phenoxy) is 1. The molecule has 0 heterocycles. The van der Waals surface area contributed by atoms with E-state index >= 15 is 0 Å². The predicted molar refractivity (Wildman–Crippen MR) is 58.9 cm³/mol. The number of carbonyl (C=O) groups is 2. The summed E-state index contributed by atoms with van der Waals surface area (Å²) in [6.45, 7) is 1.99. The van der Waals surface area contributed by atoms with E-state index in [1.807, 2.05) is 12.2 Å². The molecule has 0 aliphatic heterocycles. The van der Waals surface area contributed by atoms with Gasteiger partial charge in [0.1, 0.15) is 5.41 Å². The zero-order valence-electron chi connectivity index (χ0n) is 9.81. The monoisotopic (exact) mass is 236 g/mol. The lowest BCUT2D eigenvalue weighted by Crippen LogP contribution is -2.30. The molecule has 92 valence electrons. The lowest BCUT2D eigenvalue weighted by molar-refractivity contribution is -0.153. The zero-order valence-corrected chi connectivity index (χ0v) is 9.81. The first-order valence-electron chi connectivity index (χ1n) is 6.12. The molecule has 17 heavy (non-hydrogen) atoms. The van der Waals surface area contributed by atoms with Crippen LogP contribution in [0.2, 0.25) is 0 Å². The van der Waals surface area contributed by atoms with E-state index in [1.165, 1.54) is 0 Å². The fourth-order valence-corrected chi connectivity index (χ4v) is 4.03. The minimum absolute atomic E-state index is 0.0310. The summed E-state index contributed by atoms with van der Waals surface area (Å²) in [5.41, 5.74) is -1.42. The molecule has 2 saturated carbocycles. The van der Waals surface area contributed by atoms with Crippen LogP contribution in [0.25, 0.3) is 0 Å². The van der Waals surface area contributed by atoms with Gasteiger partial charge in [-0.05, 0) is 25.2 Å². The van der Waals surface area contributed by atoms with Crippen molar-refractivity contribution < 1.29 is 19.4 Å². The number of Topliss-reactive ketones (excluding diaryl/α,β-unsaturated/α-hetero) is 1. The summed E-state index contributed by atoms with van der Waals surface area (Å²) in [6, 6.07) is 0. The van der Waals surface area contributed by atoms with E-state index in [0.29, 0.717) is 6.61 Å². The van der Waals surface area contributed by atoms with Gasteiger partial charge in [-0.25, -0.2) is 0 Å². The number of hydrogen-bond acceptors (Lipinski definition) is 4. The number of hydrogen-bond donors (Lipinski definition) is 1. The Labute approximate surface area is 99.6 Å². The van der Waals surface area contributed by atoms with Crippen LogP contribution in [0, 0.1) is 22.7 Å². The molecule has 3 rings (SSSR count). The van der Waals surface area contributed by atoms with E-state index in [9.17, 15) is 14.7 Å². The van der Waals surface area contributed by atoms with E-state index < -0.39 is 10.8 Å². The van der Waals surface area contributed by atoms with Gasteiger partial charge in [0.15, 0.2) is 5.78 Å². The van der Waals surface area contributed by atoms with Crippen molar-refractivity contribution in [1.82, 2.24) is 0 Å². The van der Waals surface area contributed by atoms with Crippen LogP contribution in [0.15, 0.2) is 12.2 Å². The van der Waals surface area contributed by atoms with Crippen LogP contribution >= 0.6 is 0 Å². The number of allylic oxidation sites excluding steroid dienone is 1. The van der Waals surface area contributed by atoms with Crippen LogP contribution < -0.4 is 0 Å². The number of carbonyl (C=O) groups excluding carboxylic acids is 2. The molecule has 4 nitrogen and oxygen atoms in total. The van der Waals surface area contributed by atoms with E-state index in [4.69, 9.17) is 4.74 Å². The number of aliphatic hydroxyl groups excluding tert-OH is 1. The van der Waals surface area contributed by atoms with Gasteiger partial charge in [-0.3, -0.25) is 9.59 Å². The molecule has 0 spiro atoms. The SMILES string of the molecule is CCOC(=O)[C@@]12C(=O)C[C@@]3(CO)C=CC[C@@H]1[C@H]32. The first kappa shape index (κ1) is 11.0. The maximum atomic E-state index is 12.2. The Morgan fingerprint density at radius 2 is 2.41 bits per heavy atom. The van der Waals surface area contributed by atoms with Crippen LogP contribution in [-0.4, -0.2) is 30.1 Å². The second-order valence-electron chi connectivity index (χ2n) is 5.30. The highest BCUT2D eigenvalue weighted by molar-refractivity contribution is 6.11. The van der Waals surface area contributed by atoms with Gasteiger partial charge in [-0.15, -0.1) is 0 Å². The van der Waals surface area contributed by atoms with Crippen molar-refractivity contribution in [3.05, 3.63) is 12.2 Å². The summed E-state index contributed by atoms with van der Waals surface area (Å²) in [6.07, 6.45) is 4.95. The van der Waals surface area contributed by atoms with E-state index in [2.05, 4.69) is 0 Å². The number of fused-ring (bicyclic) bond motifs is 1. The second-order valence-corrected chi connectivity index (χ2v) is 5.30. The highest BCUT2D eigenvalue weighted by Gasteiger charge is 2.84. The average molecular weight is 236 g/mol. The van der Waals surface area contributed by atoms with Gasteiger partial charge in [-0.2, -0.15) is 0 Å². The quantitative estimate of drug-likeness (QED) is 0.445. The molecule has 3 aliphatic rings. The number of ketones is 1. The normalized spacial score (nSPS) is 45.6. The fraction of sp³-hybridized carbons (Fsp3) is 0.692. The Morgan fingerprint density at radius 1 is 1.65 bits per heavy atom. The van der Waals surface area contributed by atoms with Crippen molar-refractivity contribution in [1.29, 1.82) is 0 Å². The third kappa shape index (κ3) is 1.03. The third-order valence-electron chi connectivity index (χ3n) is 4.69. The summed E-state index contributed by atoms with van der Waals surface area (Å²) in [5, 5.41) is 9.55. The topological polar surface area (TPSA) is 63.6 Å². The number of esters is 1. The minimum atomic E-state index is -0.928. The molecule has 1 N–H and O–H groups in total. The van der Waals surface area contributed by atoms with Crippen LogP contribution in [0.4, 0.5) is 0 Å². The Hall–Kier alpha value is -1.16. The van der Waals surface area contributed by atoms with Crippen molar-refractivity contribution >= 4 is 11.8 Å². The second kappa shape index (κ2) is 3.19. The smallest absolute Gasteiger partial charge is 0.320 e. The van der Waals surface area contributed by atoms with Crippen molar-refractivity contribution in [3.8, 4) is 0 Å². The molecular formula is C13H16O4. The molecular weight excluding hydrogens is 220 g/mol. The zero-order chi connectivity index (χ0) is 12.3. The lowest BCUT2D eigenvalue weighted by Gasteiger charge is -2.27. The van der Waals surface area contributed by atoms with Crippen LogP contribution in [-0.2, 0) is 14.3 Å². The van der Waals surface area contributed by atoms with Crippen molar-refractivity contribution in [2.45, 2.75) is 19.8 Å². The molecule has 3 aliphatic carbocycles. The molecule has 0 amide bonds. The Kier molecular flexibility index (Phi) is 2.06. The summed E-state index contributed by atoms with van der Waals surface area (Å²) in [5.74, 6) is -0.389. The highest BCUT2D eigenvalue weighted by atomic mass is 16.5. The molecule has 0 aromatic heterocycles. The number of aliphatic hydroxyl groups is 1. The van der Waals surface area contributed by atoms with Gasteiger partial charge >= 0.3 is 5.97 Å². The van der Waals surface area contributed by atoms with Crippen molar-refractivity contribution in [2.24, 2.45) is 22.7 Å². The standard InChI is InChI=1S/C13H16O4/c1-2-17-11(16)13-8-4-3-5-12(7-14,10(8)13)6-9(13)15/h3,5,8,10,14H,2,4,6-7H2,1H3/t8-,10-,12-,13-/m1/s1. The predicted octanol–water partition coefficient (Wildman–Crippen LogP) is 0.693. The summed E-state index contributed by atoms with van der Waals surface area (Å²) in [7, 11) is 0. The molecule has 2 fully saturated rings. The Bertz CT molecular complexity index is 427. The van der Waals surface area contributed by atoms with Gasteiger partial charge in [0, 0.05) is 11.8 Å². The fourth-order valence-electron chi connectivity index (χ4n) is 4.03. The van der Waals surface area contributed by atoms with Crippen LogP contribution in [0.5, 0.6) is 0 Å². The molecule has 0 bridgehead atoms. The van der Waals surface area contributed by atoms with Gasteiger partial charge in [-0.1, -0.05) is 12.2 Å².